The summed E-state index contributed by atoms with van der Waals surface area (Å²) in [4.78, 5) is 24.6. The minimum absolute atomic E-state index is 0.162. The van der Waals surface area contributed by atoms with Crippen molar-refractivity contribution in [1.29, 1.82) is 0 Å². The zero-order valence-corrected chi connectivity index (χ0v) is 12.7. The first kappa shape index (κ1) is 16.2. The molecule has 0 aromatic heterocycles. The molecule has 1 saturated heterocycles. The maximum Gasteiger partial charge on any atom is 0.341 e. The number of halogens is 1. The maximum absolute atomic E-state index is 13.0. The number of hydrogen-bond donors (Lipinski definition) is 0. The Morgan fingerprint density at radius 2 is 2.05 bits per heavy atom. The number of carbonyl (C=O) groups is 2. The third-order valence-corrected chi connectivity index (χ3v) is 4.50. The summed E-state index contributed by atoms with van der Waals surface area (Å²) >= 11 is 0. The van der Waals surface area contributed by atoms with Crippen molar-refractivity contribution in [3.8, 4) is 5.75 Å². The lowest BCUT2D eigenvalue weighted by Crippen LogP contribution is -2.27. The highest BCUT2D eigenvalue weighted by Crippen LogP contribution is 2.30. The largest absolute Gasteiger partial charge is 0.496 e. The minimum atomic E-state index is -4.79. The van der Waals surface area contributed by atoms with E-state index in [1.54, 1.807) is 0 Å². The van der Waals surface area contributed by atoms with Gasteiger partial charge in [0.2, 0.25) is 5.91 Å². The molecular weight excluding hydrogens is 317 g/mol. The zero-order valence-electron chi connectivity index (χ0n) is 11.9. The van der Waals surface area contributed by atoms with Crippen LogP contribution in [0, 0.1) is 0 Å². The highest BCUT2D eigenvalue weighted by molar-refractivity contribution is 7.87. The summed E-state index contributed by atoms with van der Waals surface area (Å²) in [7, 11) is -2.23. The Balaban J connectivity index is 2.34. The summed E-state index contributed by atoms with van der Waals surface area (Å²) in [5.41, 5.74) is 0.482. The molecule has 1 unspecified atom stereocenters. The molecular formula is C13H14FNO6S. The first-order chi connectivity index (χ1) is 10.3. The molecule has 1 fully saturated rings. The van der Waals surface area contributed by atoms with Crippen LogP contribution in [0.2, 0.25) is 0 Å². The SMILES string of the molecule is COC(=O)c1ccc(N2CC(S(=O)(=O)F)CC2=O)cc1OC. The fraction of sp³-hybridized carbons (Fsp3) is 0.385. The number of anilines is 1. The van der Waals surface area contributed by atoms with Gasteiger partial charge in [0.1, 0.15) is 16.6 Å². The van der Waals surface area contributed by atoms with Gasteiger partial charge in [0.25, 0.3) is 0 Å². The molecule has 0 saturated carbocycles. The van der Waals surface area contributed by atoms with Crippen LogP contribution >= 0.6 is 0 Å². The van der Waals surface area contributed by atoms with E-state index in [0.29, 0.717) is 5.69 Å². The van der Waals surface area contributed by atoms with Gasteiger partial charge in [-0.3, -0.25) is 4.79 Å². The summed E-state index contributed by atoms with van der Waals surface area (Å²) in [5.74, 6) is -0.955. The van der Waals surface area contributed by atoms with Gasteiger partial charge in [-0.25, -0.2) is 4.79 Å². The number of rotatable bonds is 4. The topological polar surface area (TPSA) is 90.0 Å². The van der Waals surface area contributed by atoms with Gasteiger partial charge in [-0.1, -0.05) is 0 Å². The van der Waals surface area contributed by atoms with Crippen molar-refractivity contribution in [2.45, 2.75) is 11.7 Å². The van der Waals surface area contributed by atoms with Crippen molar-refractivity contribution in [3.05, 3.63) is 23.8 Å². The van der Waals surface area contributed by atoms with Gasteiger partial charge in [-0.05, 0) is 12.1 Å². The van der Waals surface area contributed by atoms with Gasteiger partial charge >= 0.3 is 16.2 Å². The van der Waals surface area contributed by atoms with E-state index < -0.39 is 33.8 Å². The first-order valence-corrected chi connectivity index (χ1v) is 7.72. The van der Waals surface area contributed by atoms with Crippen LogP contribution in [0.3, 0.4) is 0 Å². The smallest absolute Gasteiger partial charge is 0.341 e. The number of hydrogen-bond acceptors (Lipinski definition) is 6. The summed E-state index contributed by atoms with van der Waals surface area (Å²) in [5, 5.41) is -1.38. The summed E-state index contributed by atoms with van der Waals surface area (Å²) in [6.45, 7) is -0.279. The molecule has 120 valence electrons. The normalized spacial score (nSPS) is 18.4. The summed E-state index contributed by atoms with van der Waals surface area (Å²) < 4.78 is 44.6. The molecule has 2 rings (SSSR count). The van der Waals surface area contributed by atoms with E-state index in [-0.39, 0.29) is 17.9 Å². The van der Waals surface area contributed by atoms with E-state index in [0.717, 1.165) is 4.90 Å². The summed E-state index contributed by atoms with van der Waals surface area (Å²) in [6, 6.07) is 4.24. The van der Waals surface area contributed by atoms with Crippen molar-refractivity contribution in [2.24, 2.45) is 0 Å². The molecule has 1 aliphatic heterocycles. The second-order valence-electron chi connectivity index (χ2n) is 4.68. The first-order valence-electron chi connectivity index (χ1n) is 6.28. The molecule has 1 aromatic carbocycles. The zero-order chi connectivity index (χ0) is 16.5. The molecule has 9 heteroatoms. The van der Waals surface area contributed by atoms with E-state index >= 15 is 0 Å². The van der Waals surface area contributed by atoms with Crippen molar-refractivity contribution in [1.82, 2.24) is 0 Å². The van der Waals surface area contributed by atoms with E-state index in [1.165, 1.54) is 32.4 Å². The predicted octanol–water partition coefficient (Wildman–Crippen LogP) is 0.886. The maximum atomic E-state index is 13.0. The summed E-state index contributed by atoms with van der Waals surface area (Å²) in [6.07, 6.45) is -0.417. The third kappa shape index (κ3) is 3.03. The quantitative estimate of drug-likeness (QED) is 0.601. The van der Waals surface area contributed by atoms with Crippen molar-refractivity contribution < 1.29 is 31.4 Å². The number of benzene rings is 1. The molecule has 1 aliphatic rings. The molecule has 22 heavy (non-hydrogen) atoms. The van der Waals surface area contributed by atoms with E-state index in [1.807, 2.05) is 0 Å². The Kier molecular flexibility index (Phi) is 4.36. The molecule has 1 atom stereocenters. The van der Waals surface area contributed by atoms with Crippen LogP contribution in [0.5, 0.6) is 5.75 Å². The van der Waals surface area contributed by atoms with Gasteiger partial charge < -0.3 is 14.4 Å². The van der Waals surface area contributed by atoms with Gasteiger partial charge in [0.15, 0.2) is 0 Å². The number of carbonyl (C=O) groups excluding carboxylic acids is 2. The van der Waals surface area contributed by atoms with Gasteiger partial charge in [-0.2, -0.15) is 8.42 Å². The number of amides is 1. The van der Waals surface area contributed by atoms with Crippen LogP contribution < -0.4 is 9.64 Å². The second-order valence-corrected chi connectivity index (χ2v) is 6.30. The van der Waals surface area contributed by atoms with E-state index in [9.17, 15) is 21.9 Å². The Labute approximate surface area is 126 Å². The highest BCUT2D eigenvalue weighted by Gasteiger charge is 2.39. The Hall–Kier alpha value is -2.16. The minimum Gasteiger partial charge on any atom is -0.496 e. The molecule has 1 heterocycles. The average molecular weight is 331 g/mol. The molecule has 7 nitrogen and oxygen atoms in total. The Morgan fingerprint density at radius 3 is 2.55 bits per heavy atom. The number of methoxy groups -OCH3 is 2. The van der Waals surface area contributed by atoms with Gasteiger partial charge in [0.05, 0.1) is 14.2 Å². The average Bonchev–Trinajstić information content (AvgIpc) is 2.88. The van der Waals surface area contributed by atoms with Crippen LogP contribution in [-0.4, -0.2) is 46.3 Å². The number of nitrogens with zero attached hydrogens (tertiary/aromatic N) is 1. The van der Waals surface area contributed by atoms with E-state index in [4.69, 9.17) is 4.74 Å². The lowest BCUT2D eigenvalue weighted by atomic mass is 10.1. The highest BCUT2D eigenvalue weighted by atomic mass is 32.3. The predicted molar refractivity (Wildman–Crippen MR) is 75.1 cm³/mol. The fourth-order valence-electron chi connectivity index (χ4n) is 2.24. The Morgan fingerprint density at radius 1 is 1.36 bits per heavy atom. The lowest BCUT2D eigenvalue weighted by Gasteiger charge is -2.18. The third-order valence-electron chi connectivity index (χ3n) is 3.39. The number of ether oxygens (including phenoxy) is 2. The monoisotopic (exact) mass is 331 g/mol. The van der Waals surface area contributed by atoms with Crippen molar-refractivity contribution in [2.75, 3.05) is 25.7 Å². The molecule has 0 N–H and O–H groups in total. The molecule has 0 aliphatic carbocycles. The molecule has 1 aromatic rings. The van der Waals surface area contributed by atoms with E-state index in [2.05, 4.69) is 4.74 Å². The lowest BCUT2D eigenvalue weighted by molar-refractivity contribution is -0.117. The molecule has 0 spiro atoms. The van der Waals surface area contributed by atoms with Crippen LogP contribution in [0.1, 0.15) is 16.8 Å². The van der Waals surface area contributed by atoms with Gasteiger partial charge in [0, 0.05) is 24.7 Å². The molecule has 0 radical (unpaired) electrons. The van der Waals surface area contributed by atoms with Crippen molar-refractivity contribution >= 4 is 27.8 Å². The molecule has 1 amide bonds. The second kappa shape index (κ2) is 5.91. The standard InChI is InChI=1S/C13H14FNO6S/c1-20-11-5-8(3-4-10(11)13(17)21-2)15-7-9(6-12(15)16)22(14,18)19/h3-5,9H,6-7H2,1-2H3. The van der Waals surface area contributed by atoms with Crippen LogP contribution in [0.15, 0.2) is 18.2 Å². The van der Waals surface area contributed by atoms with Crippen LogP contribution in [-0.2, 0) is 19.8 Å². The van der Waals surface area contributed by atoms with Crippen molar-refractivity contribution in [3.63, 3.8) is 0 Å². The molecule has 0 bridgehead atoms. The van der Waals surface area contributed by atoms with Gasteiger partial charge in [-0.15, -0.1) is 3.89 Å². The van der Waals surface area contributed by atoms with Crippen LogP contribution in [0.4, 0.5) is 9.57 Å². The number of esters is 1. The van der Waals surface area contributed by atoms with Crippen LogP contribution in [0.25, 0.3) is 0 Å². The fourth-order valence-corrected chi connectivity index (χ4v) is 2.91. The Bertz CT molecular complexity index is 717.